The Morgan fingerprint density at radius 2 is 1.84 bits per heavy atom. The number of amides is 1. The first kappa shape index (κ1) is 17.0. The molecule has 0 atom stereocenters. The number of ether oxygens (including phenoxy) is 1. The lowest BCUT2D eigenvalue weighted by molar-refractivity contribution is -0.146. The molecule has 0 aliphatic carbocycles. The van der Waals surface area contributed by atoms with Crippen molar-refractivity contribution in [1.82, 2.24) is 4.98 Å². The first-order valence-corrected chi connectivity index (χ1v) is 8.18. The molecule has 0 unspecified atom stereocenters. The van der Waals surface area contributed by atoms with Crippen molar-refractivity contribution in [1.29, 1.82) is 0 Å². The van der Waals surface area contributed by atoms with Crippen LogP contribution in [-0.2, 0) is 20.7 Å². The van der Waals surface area contributed by atoms with Crippen molar-refractivity contribution in [3.8, 4) is 0 Å². The molecule has 3 rings (SSSR count). The number of H-pyrrole nitrogens is 1. The minimum atomic E-state index is -0.456. The van der Waals surface area contributed by atoms with Gasteiger partial charge in [0, 0.05) is 16.6 Å². The second kappa shape index (κ2) is 7.40. The van der Waals surface area contributed by atoms with Crippen LogP contribution in [0, 0.1) is 6.92 Å². The maximum Gasteiger partial charge on any atom is 0.310 e. The van der Waals surface area contributed by atoms with Crippen molar-refractivity contribution in [2.45, 2.75) is 13.3 Å². The van der Waals surface area contributed by atoms with E-state index in [9.17, 15) is 9.59 Å². The number of carbonyl (C=O) groups excluding carboxylic acids is 2. The Hall–Kier alpha value is -2.79. The molecule has 1 aromatic heterocycles. The molecule has 1 heterocycles. The van der Waals surface area contributed by atoms with E-state index in [2.05, 4.69) is 10.3 Å². The van der Waals surface area contributed by atoms with E-state index in [4.69, 9.17) is 16.3 Å². The van der Waals surface area contributed by atoms with Gasteiger partial charge in [0.1, 0.15) is 0 Å². The van der Waals surface area contributed by atoms with E-state index >= 15 is 0 Å². The monoisotopic (exact) mass is 356 g/mol. The van der Waals surface area contributed by atoms with Crippen LogP contribution in [-0.4, -0.2) is 23.5 Å². The number of aromatic amines is 1. The standard InChI is InChI=1S/C19H17ClN2O3/c1-12-14(13-6-2-4-8-16(13)21-12)10-19(24)25-11-18(23)22-17-9-5-3-7-15(17)20/h2-9,21H,10-11H2,1H3,(H,22,23). The van der Waals surface area contributed by atoms with Crippen molar-refractivity contribution in [3.05, 3.63) is 64.8 Å². The lowest BCUT2D eigenvalue weighted by Gasteiger charge is -2.08. The minimum absolute atomic E-state index is 0.106. The fourth-order valence-corrected chi connectivity index (χ4v) is 2.84. The average Bonchev–Trinajstić information content (AvgIpc) is 2.91. The molecular weight excluding hydrogens is 340 g/mol. The van der Waals surface area contributed by atoms with E-state index in [-0.39, 0.29) is 13.0 Å². The summed E-state index contributed by atoms with van der Waals surface area (Å²) in [6.45, 7) is 1.55. The van der Waals surface area contributed by atoms with E-state index in [0.29, 0.717) is 10.7 Å². The summed E-state index contributed by atoms with van der Waals surface area (Å²) >= 11 is 5.97. The summed E-state index contributed by atoms with van der Waals surface area (Å²) in [5.41, 5.74) is 3.25. The zero-order chi connectivity index (χ0) is 17.8. The highest BCUT2D eigenvalue weighted by Gasteiger charge is 2.14. The highest BCUT2D eigenvalue weighted by molar-refractivity contribution is 6.33. The molecule has 0 fully saturated rings. The van der Waals surface area contributed by atoms with Gasteiger partial charge in [0.05, 0.1) is 17.1 Å². The smallest absolute Gasteiger partial charge is 0.310 e. The molecule has 0 bridgehead atoms. The van der Waals surface area contributed by atoms with Crippen LogP contribution in [0.5, 0.6) is 0 Å². The Balaban J connectivity index is 1.58. The van der Waals surface area contributed by atoms with Gasteiger partial charge in [-0.3, -0.25) is 9.59 Å². The van der Waals surface area contributed by atoms with Gasteiger partial charge in [0.25, 0.3) is 5.91 Å². The maximum atomic E-state index is 12.1. The number of hydrogen-bond acceptors (Lipinski definition) is 3. The maximum absolute atomic E-state index is 12.1. The Bertz CT molecular complexity index is 933. The zero-order valence-corrected chi connectivity index (χ0v) is 14.4. The van der Waals surface area contributed by atoms with Gasteiger partial charge < -0.3 is 15.0 Å². The molecule has 5 nitrogen and oxygen atoms in total. The SMILES string of the molecule is Cc1[nH]c2ccccc2c1CC(=O)OCC(=O)Nc1ccccc1Cl. The van der Waals surface area contributed by atoms with Crippen molar-refractivity contribution in [2.75, 3.05) is 11.9 Å². The molecule has 0 saturated carbocycles. The number of benzene rings is 2. The highest BCUT2D eigenvalue weighted by Crippen LogP contribution is 2.23. The third-order valence-electron chi connectivity index (χ3n) is 3.86. The third-order valence-corrected chi connectivity index (χ3v) is 4.19. The van der Waals surface area contributed by atoms with Gasteiger partial charge in [-0.25, -0.2) is 0 Å². The molecule has 0 radical (unpaired) electrons. The van der Waals surface area contributed by atoms with Crippen molar-refractivity contribution in [3.63, 3.8) is 0 Å². The fraction of sp³-hybridized carbons (Fsp3) is 0.158. The van der Waals surface area contributed by atoms with Crippen molar-refractivity contribution in [2.24, 2.45) is 0 Å². The average molecular weight is 357 g/mol. The van der Waals surface area contributed by atoms with Gasteiger partial charge >= 0.3 is 5.97 Å². The second-order valence-electron chi connectivity index (χ2n) is 5.64. The molecule has 25 heavy (non-hydrogen) atoms. The lowest BCUT2D eigenvalue weighted by Crippen LogP contribution is -2.21. The molecule has 1 amide bonds. The summed E-state index contributed by atoms with van der Waals surface area (Å²) < 4.78 is 5.09. The van der Waals surface area contributed by atoms with Crippen LogP contribution in [0.3, 0.4) is 0 Å². The van der Waals surface area contributed by atoms with Crippen molar-refractivity contribution < 1.29 is 14.3 Å². The number of nitrogens with one attached hydrogen (secondary N) is 2. The number of para-hydroxylation sites is 2. The predicted molar refractivity (Wildman–Crippen MR) is 97.8 cm³/mol. The lowest BCUT2D eigenvalue weighted by atomic mass is 10.1. The molecular formula is C19H17ClN2O3. The van der Waals surface area contributed by atoms with E-state index < -0.39 is 11.9 Å². The van der Waals surface area contributed by atoms with Crippen LogP contribution in [0.25, 0.3) is 10.9 Å². The first-order valence-electron chi connectivity index (χ1n) is 7.81. The van der Waals surface area contributed by atoms with Crippen molar-refractivity contribution >= 4 is 40.1 Å². The quantitative estimate of drug-likeness (QED) is 0.682. The van der Waals surface area contributed by atoms with Crippen LogP contribution >= 0.6 is 11.6 Å². The second-order valence-corrected chi connectivity index (χ2v) is 6.05. The molecule has 2 aromatic carbocycles. The Morgan fingerprint density at radius 3 is 2.64 bits per heavy atom. The molecule has 0 saturated heterocycles. The number of fused-ring (bicyclic) bond motifs is 1. The fourth-order valence-electron chi connectivity index (χ4n) is 2.65. The number of rotatable bonds is 5. The number of aryl methyl sites for hydroxylation is 1. The summed E-state index contributed by atoms with van der Waals surface area (Å²) in [6.07, 6.45) is 0.106. The van der Waals surface area contributed by atoms with Crippen LogP contribution in [0.2, 0.25) is 5.02 Å². The largest absolute Gasteiger partial charge is 0.455 e. The molecule has 128 valence electrons. The number of anilines is 1. The van der Waals surface area contributed by atoms with Crippen LogP contribution in [0.4, 0.5) is 5.69 Å². The predicted octanol–water partition coefficient (Wildman–Crippen LogP) is 3.85. The van der Waals surface area contributed by atoms with Gasteiger partial charge in [-0.15, -0.1) is 0 Å². The summed E-state index contributed by atoms with van der Waals surface area (Å²) in [5.74, 6) is -0.890. The number of carbonyl (C=O) groups is 2. The number of hydrogen-bond donors (Lipinski definition) is 2. The molecule has 2 N–H and O–H groups in total. The van der Waals surface area contributed by atoms with Gasteiger partial charge in [0.15, 0.2) is 6.61 Å². The minimum Gasteiger partial charge on any atom is -0.455 e. The van der Waals surface area contributed by atoms with Gasteiger partial charge in [-0.2, -0.15) is 0 Å². The Kier molecular flexibility index (Phi) is 5.05. The summed E-state index contributed by atoms with van der Waals surface area (Å²) in [6, 6.07) is 14.6. The van der Waals surface area contributed by atoms with E-state index in [1.807, 2.05) is 31.2 Å². The summed E-state index contributed by atoms with van der Waals surface area (Å²) in [4.78, 5) is 27.2. The van der Waals surface area contributed by atoms with Crippen LogP contribution in [0.1, 0.15) is 11.3 Å². The topological polar surface area (TPSA) is 71.2 Å². The summed E-state index contributed by atoms with van der Waals surface area (Å²) in [7, 11) is 0. The summed E-state index contributed by atoms with van der Waals surface area (Å²) in [5, 5.41) is 4.02. The zero-order valence-electron chi connectivity index (χ0n) is 13.6. The highest BCUT2D eigenvalue weighted by atomic mass is 35.5. The Morgan fingerprint density at radius 1 is 1.12 bits per heavy atom. The first-order chi connectivity index (χ1) is 12.0. The molecule has 0 aliphatic heterocycles. The van der Waals surface area contributed by atoms with Gasteiger partial charge in [-0.1, -0.05) is 41.9 Å². The number of esters is 1. The van der Waals surface area contributed by atoms with E-state index in [1.54, 1.807) is 24.3 Å². The molecule has 0 aliphatic rings. The Labute approximate surface area is 149 Å². The third kappa shape index (κ3) is 4.00. The van der Waals surface area contributed by atoms with Gasteiger partial charge in [0.2, 0.25) is 0 Å². The normalized spacial score (nSPS) is 10.6. The van der Waals surface area contributed by atoms with E-state index in [0.717, 1.165) is 22.2 Å². The van der Waals surface area contributed by atoms with Crippen LogP contribution < -0.4 is 5.32 Å². The van der Waals surface area contributed by atoms with E-state index in [1.165, 1.54) is 0 Å². The number of aromatic nitrogens is 1. The molecule has 6 heteroatoms. The molecule has 3 aromatic rings. The van der Waals surface area contributed by atoms with Crippen LogP contribution in [0.15, 0.2) is 48.5 Å². The molecule has 0 spiro atoms. The number of halogens is 1. The van der Waals surface area contributed by atoms with Gasteiger partial charge in [-0.05, 0) is 30.7 Å².